The molecule has 4 rings (SSSR count). The zero-order valence-corrected chi connectivity index (χ0v) is 9.78. The molecule has 0 saturated heterocycles. The molecule has 3 aromatic heterocycles. The van der Waals surface area contributed by atoms with Crippen molar-refractivity contribution < 1.29 is 0 Å². The summed E-state index contributed by atoms with van der Waals surface area (Å²) in [5.74, 6) is 0.753. The minimum atomic E-state index is 0.657. The molecule has 1 aromatic carbocycles. The third-order valence-electron chi connectivity index (χ3n) is 2.90. The predicted molar refractivity (Wildman–Crippen MR) is 70.2 cm³/mol. The first-order valence-corrected chi connectivity index (χ1v) is 5.77. The number of H-pyrrole nitrogens is 1. The van der Waals surface area contributed by atoms with E-state index in [-0.39, 0.29) is 0 Å². The van der Waals surface area contributed by atoms with E-state index in [9.17, 15) is 0 Å². The quantitative estimate of drug-likeness (QED) is 0.557. The van der Waals surface area contributed by atoms with Gasteiger partial charge in [0.2, 0.25) is 0 Å². The average Bonchev–Trinajstić information content (AvgIpc) is 2.90. The summed E-state index contributed by atoms with van der Waals surface area (Å²) < 4.78 is 0. The van der Waals surface area contributed by atoms with Crippen molar-refractivity contribution in [1.82, 2.24) is 29.9 Å². The van der Waals surface area contributed by atoms with Gasteiger partial charge in [0.25, 0.3) is 0 Å². The lowest BCUT2D eigenvalue weighted by atomic mass is 10.2. The molecule has 0 atom stereocenters. The Labute approximate surface area is 107 Å². The normalized spacial score (nSPS) is 11.2. The number of hydrogen-bond donors (Lipinski definition) is 1. The molecular formula is C13H8N6. The Bertz CT molecular complexity index is 849. The van der Waals surface area contributed by atoms with E-state index in [1.54, 1.807) is 18.6 Å². The fraction of sp³-hybridized carbons (Fsp3) is 0. The maximum atomic E-state index is 4.43. The van der Waals surface area contributed by atoms with Crippen LogP contribution in [0.25, 0.3) is 33.6 Å². The van der Waals surface area contributed by atoms with E-state index in [1.165, 1.54) is 6.33 Å². The van der Waals surface area contributed by atoms with Gasteiger partial charge in [-0.25, -0.2) is 15.0 Å². The lowest BCUT2D eigenvalue weighted by Crippen LogP contribution is -1.85. The van der Waals surface area contributed by atoms with Gasteiger partial charge in [0.15, 0.2) is 5.65 Å². The second-order valence-corrected chi connectivity index (χ2v) is 4.11. The number of aromatic amines is 1. The van der Waals surface area contributed by atoms with Crippen molar-refractivity contribution in [3.05, 3.63) is 43.1 Å². The fourth-order valence-electron chi connectivity index (χ4n) is 2.01. The van der Waals surface area contributed by atoms with Crippen LogP contribution in [0, 0.1) is 0 Å². The minimum Gasteiger partial charge on any atom is -0.335 e. The molecule has 3 heterocycles. The van der Waals surface area contributed by atoms with Gasteiger partial charge in [0.05, 0.1) is 17.2 Å². The second-order valence-electron chi connectivity index (χ2n) is 4.11. The van der Waals surface area contributed by atoms with Crippen molar-refractivity contribution in [1.29, 1.82) is 0 Å². The third-order valence-corrected chi connectivity index (χ3v) is 2.90. The largest absolute Gasteiger partial charge is 0.335 e. The number of hydrogen-bond acceptors (Lipinski definition) is 5. The van der Waals surface area contributed by atoms with Gasteiger partial charge in [-0.2, -0.15) is 0 Å². The molecule has 0 radical (unpaired) electrons. The van der Waals surface area contributed by atoms with Crippen LogP contribution >= 0.6 is 0 Å². The number of aromatic nitrogens is 6. The van der Waals surface area contributed by atoms with Gasteiger partial charge in [0.1, 0.15) is 17.7 Å². The number of benzene rings is 1. The van der Waals surface area contributed by atoms with Crippen molar-refractivity contribution >= 4 is 22.2 Å². The molecule has 0 aliphatic carbocycles. The van der Waals surface area contributed by atoms with E-state index >= 15 is 0 Å². The molecule has 0 bridgehead atoms. The molecule has 0 saturated carbocycles. The van der Waals surface area contributed by atoms with Gasteiger partial charge in [0, 0.05) is 18.0 Å². The van der Waals surface area contributed by atoms with Gasteiger partial charge >= 0.3 is 0 Å². The first-order chi connectivity index (χ1) is 9.40. The van der Waals surface area contributed by atoms with Crippen LogP contribution in [0.2, 0.25) is 0 Å². The Morgan fingerprint density at radius 1 is 0.947 bits per heavy atom. The monoisotopic (exact) mass is 248 g/mol. The van der Waals surface area contributed by atoms with Gasteiger partial charge in [-0.1, -0.05) is 0 Å². The van der Waals surface area contributed by atoms with E-state index < -0.39 is 0 Å². The molecule has 0 spiro atoms. The molecule has 0 aliphatic rings. The fourth-order valence-corrected chi connectivity index (χ4v) is 2.01. The number of nitrogens with one attached hydrogen (secondary N) is 1. The summed E-state index contributed by atoms with van der Waals surface area (Å²) in [4.78, 5) is 24.2. The maximum absolute atomic E-state index is 4.43. The average molecular weight is 248 g/mol. The van der Waals surface area contributed by atoms with Crippen molar-refractivity contribution in [3.63, 3.8) is 0 Å². The third kappa shape index (κ3) is 1.61. The molecule has 19 heavy (non-hydrogen) atoms. The highest BCUT2D eigenvalue weighted by molar-refractivity contribution is 5.81. The van der Waals surface area contributed by atoms with Gasteiger partial charge in [-0.3, -0.25) is 9.97 Å². The highest BCUT2D eigenvalue weighted by Crippen LogP contribution is 2.21. The molecule has 6 nitrogen and oxygen atoms in total. The van der Waals surface area contributed by atoms with Crippen molar-refractivity contribution in [3.8, 4) is 11.4 Å². The summed E-state index contributed by atoms with van der Waals surface area (Å²) in [6.45, 7) is 0. The summed E-state index contributed by atoms with van der Waals surface area (Å²) in [7, 11) is 0. The number of rotatable bonds is 1. The molecule has 0 fully saturated rings. The van der Waals surface area contributed by atoms with Crippen LogP contribution in [0.5, 0.6) is 0 Å². The standard InChI is InChI=1S/C13H8N6/c1-2-9-10(16-4-3-15-9)5-8(1)12-18-11-6-14-7-17-13(11)19-12/h1-7H,(H,14,17,18,19). The topological polar surface area (TPSA) is 80.2 Å². The number of fused-ring (bicyclic) bond motifs is 2. The van der Waals surface area contributed by atoms with Gasteiger partial charge < -0.3 is 4.98 Å². The summed E-state index contributed by atoms with van der Waals surface area (Å²) in [5, 5.41) is 0. The van der Waals surface area contributed by atoms with Crippen LogP contribution in [0.15, 0.2) is 43.1 Å². The zero-order valence-electron chi connectivity index (χ0n) is 9.78. The lowest BCUT2D eigenvalue weighted by Gasteiger charge is -1.98. The van der Waals surface area contributed by atoms with E-state index in [0.717, 1.165) is 27.9 Å². The summed E-state index contributed by atoms with van der Waals surface area (Å²) >= 11 is 0. The van der Waals surface area contributed by atoms with E-state index in [1.807, 2.05) is 18.2 Å². The maximum Gasteiger partial charge on any atom is 0.181 e. The second kappa shape index (κ2) is 3.81. The van der Waals surface area contributed by atoms with Crippen LogP contribution in [0.3, 0.4) is 0 Å². The van der Waals surface area contributed by atoms with Crippen LogP contribution in [-0.4, -0.2) is 29.9 Å². The molecule has 6 heteroatoms. The Morgan fingerprint density at radius 3 is 2.74 bits per heavy atom. The van der Waals surface area contributed by atoms with E-state index in [4.69, 9.17) is 0 Å². The SMILES string of the molecule is c1cnc2cc(-c3nc4ncncc4[nH]3)ccc2n1. The smallest absolute Gasteiger partial charge is 0.181 e. The first kappa shape index (κ1) is 10.1. The van der Waals surface area contributed by atoms with Crippen molar-refractivity contribution in [2.45, 2.75) is 0 Å². The minimum absolute atomic E-state index is 0.657. The van der Waals surface area contributed by atoms with Gasteiger partial charge in [-0.05, 0) is 18.2 Å². The van der Waals surface area contributed by atoms with Crippen LogP contribution < -0.4 is 0 Å². The molecule has 0 amide bonds. The number of nitrogens with zero attached hydrogens (tertiary/aromatic N) is 5. The Balaban J connectivity index is 1.93. The number of imidazole rings is 1. The van der Waals surface area contributed by atoms with Crippen molar-refractivity contribution in [2.24, 2.45) is 0 Å². The predicted octanol–water partition coefficient (Wildman–Crippen LogP) is 1.96. The zero-order chi connectivity index (χ0) is 12.7. The highest BCUT2D eigenvalue weighted by atomic mass is 15.0. The summed E-state index contributed by atoms with van der Waals surface area (Å²) in [5.41, 5.74) is 4.13. The Hall–Kier alpha value is -2.89. The molecule has 1 N–H and O–H groups in total. The highest BCUT2D eigenvalue weighted by Gasteiger charge is 2.07. The molecule has 0 unspecified atom stereocenters. The van der Waals surface area contributed by atoms with Crippen LogP contribution in [0.1, 0.15) is 0 Å². The molecule has 90 valence electrons. The molecule has 4 aromatic rings. The molecular weight excluding hydrogens is 240 g/mol. The Morgan fingerprint density at radius 2 is 1.84 bits per heavy atom. The summed E-state index contributed by atoms with van der Waals surface area (Å²) in [6.07, 6.45) is 6.55. The summed E-state index contributed by atoms with van der Waals surface area (Å²) in [6, 6.07) is 5.84. The lowest BCUT2D eigenvalue weighted by molar-refractivity contribution is 1.20. The van der Waals surface area contributed by atoms with Gasteiger partial charge in [-0.15, -0.1) is 0 Å². The Kier molecular flexibility index (Phi) is 2.02. The van der Waals surface area contributed by atoms with Crippen LogP contribution in [-0.2, 0) is 0 Å². The van der Waals surface area contributed by atoms with E-state index in [2.05, 4.69) is 29.9 Å². The molecule has 0 aliphatic heterocycles. The first-order valence-electron chi connectivity index (χ1n) is 5.77. The van der Waals surface area contributed by atoms with E-state index in [0.29, 0.717) is 5.65 Å². The van der Waals surface area contributed by atoms with Crippen molar-refractivity contribution in [2.75, 3.05) is 0 Å². The van der Waals surface area contributed by atoms with Crippen LogP contribution in [0.4, 0.5) is 0 Å².